The number of benzene rings is 3. The molecule has 0 saturated heterocycles. The predicted octanol–water partition coefficient (Wildman–Crippen LogP) is 8.57. The fourth-order valence-corrected chi connectivity index (χ4v) is 6.13. The number of nitrogens with zero attached hydrogens (tertiary/aromatic N) is 3. The minimum atomic E-state index is 0. The Morgan fingerprint density at radius 2 is 1.71 bits per heavy atom. The smallest absolute Gasteiger partial charge is 0.515 e. The molecule has 1 aliphatic heterocycles. The summed E-state index contributed by atoms with van der Waals surface area (Å²) in [4.78, 5) is 9.70. The van der Waals surface area contributed by atoms with Crippen LogP contribution in [0.15, 0.2) is 65.8 Å². The van der Waals surface area contributed by atoms with E-state index < -0.39 is 0 Å². The molecule has 3 heterocycles. The van der Waals surface area contributed by atoms with Crippen LogP contribution in [0.25, 0.3) is 27.6 Å². The van der Waals surface area contributed by atoms with Crippen molar-refractivity contribution in [2.75, 3.05) is 0 Å². The molecule has 0 unspecified atom stereocenters. The maximum absolute atomic E-state index is 6.42. The summed E-state index contributed by atoms with van der Waals surface area (Å²) in [5, 5.41) is 2.29. The van der Waals surface area contributed by atoms with E-state index >= 15 is 0 Å². The SMILES string of the molecule is Cc1cc(Oc2[c-]c3c(cc2)c2cc(C)ccc2n3-c2cc(C(C)(C)C)ccn2)[c-]c(C2=N[C@@H]3CCCC[C@@H]3O2)c1.[Pt+2]. The first kappa shape index (κ1) is 28.7. The van der Waals surface area contributed by atoms with Gasteiger partial charge in [-0.15, -0.1) is 29.1 Å². The maximum atomic E-state index is 6.42. The molecule has 2 aliphatic rings. The van der Waals surface area contributed by atoms with Crippen LogP contribution in [-0.2, 0) is 31.2 Å². The van der Waals surface area contributed by atoms with Gasteiger partial charge in [0, 0.05) is 23.2 Å². The number of hydrogen-bond donors (Lipinski definition) is 0. The zero-order valence-corrected chi connectivity index (χ0v) is 27.0. The zero-order chi connectivity index (χ0) is 28.3. The molecule has 1 fully saturated rings. The quantitative estimate of drug-likeness (QED) is 0.174. The minimum absolute atomic E-state index is 0. The first-order valence-electron chi connectivity index (χ1n) is 14.6. The first-order chi connectivity index (χ1) is 19.7. The second-order valence-electron chi connectivity index (χ2n) is 12.6. The summed E-state index contributed by atoms with van der Waals surface area (Å²) in [6, 6.07) is 26.3. The summed E-state index contributed by atoms with van der Waals surface area (Å²) in [7, 11) is 0. The molecule has 1 aliphatic carbocycles. The van der Waals surface area contributed by atoms with Gasteiger partial charge in [-0.1, -0.05) is 75.0 Å². The number of pyridine rings is 1. The summed E-state index contributed by atoms with van der Waals surface area (Å²) in [6.45, 7) is 10.9. The first-order valence-corrected chi connectivity index (χ1v) is 14.6. The summed E-state index contributed by atoms with van der Waals surface area (Å²) >= 11 is 0. The number of aromatic nitrogens is 2. The number of ether oxygens (including phenoxy) is 2. The molecule has 3 aromatic carbocycles. The molecular formula is C36H35N3O2Pt. The van der Waals surface area contributed by atoms with Crippen molar-refractivity contribution < 1.29 is 30.5 Å². The third kappa shape index (κ3) is 5.28. The Bertz CT molecular complexity index is 1830. The van der Waals surface area contributed by atoms with E-state index in [0.29, 0.717) is 17.4 Å². The minimum Gasteiger partial charge on any atom is -0.515 e. The van der Waals surface area contributed by atoms with Crippen LogP contribution >= 0.6 is 0 Å². The molecule has 2 aromatic heterocycles. The molecule has 0 amide bonds. The Balaban J connectivity index is 0.00000316. The molecule has 216 valence electrons. The second-order valence-corrected chi connectivity index (χ2v) is 12.6. The van der Waals surface area contributed by atoms with Gasteiger partial charge in [0.15, 0.2) is 0 Å². The van der Waals surface area contributed by atoms with E-state index in [0.717, 1.165) is 46.2 Å². The molecule has 42 heavy (non-hydrogen) atoms. The van der Waals surface area contributed by atoms with Gasteiger partial charge >= 0.3 is 21.1 Å². The number of hydrogen-bond acceptors (Lipinski definition) is 4. The van der Waals surface area contributed by atoms with Gasteiger partial charge in [-0.25, -0.2) is 4.98 Å². The molecule has 0 spiro atoms. The fraction of sp³-hybridized carbons (Fsp3) is 0.333. The Kier molecular flexibility index (Phi) is 7.51. The van der Waals surface area contributed by atoms with Crippen molar-refractivity contribution in [2.24, 2.45) is 4.99 Å². The van der Waals surface area contributed by atoms with E-state index in [2.05, 4.69) is 93.8 Å². The van der Waals surface area contributed by atoms with Crippen LogP contribution < -0.4 is 4.74 Å². The van der Waals surface area contributed by atoms with Crippen LogP contribution in [0.1, 0.15) is 68.7 Å². The topological polar surface area (TPSA) is 48.6 Å². The van der Waals surface area contributed by atoms with E-state index in [1.807, 2.05) is 18.3 Å². The molecule has 0 radical (unpaired) electrons. The van der Waals surface area contributed by atoms with Gasteiger partial charge in [0.2, 0.25) is 0 Å². The molecule has 0 N–H and O–H groups in total. The number of aryl methyl sites for hydroxylation is 2. The Morgan fingerprint density at radius 1 is 0.881 bits per heavy atom. The Labute approximate surface area is 262 Å². The maximum Gasteiger partial charge on any atom is 2.00 e. The van der Waals surface area contributed by atoms with Crippen molar-refractivity contribution in [3.8, 4) is 17.3 Å². The van der Waals surface area contributed by atoms with Crippen molar-refractivity contribution in [3.63, 3.8) is 0 Å². The Hall–Kier alpha value is -3.43. The molecular weight excluding hydrogens is 701 g/mol. The largest absolute Gasteiger partial charge is 2.00 e. The van der Waals surface area contributed by atoms with Crippen molar-refractivity contribution in [2.45, 2.75) is 77.9 Å². The third-order valence-electron chi connectivity index (χ3n) is 8.30. The van der Waals surface area contributed by atoms with Gasteiger partial charge in [0.25, 0.3) is 0 Å². The van der Waals surface area contributed by atoms with Crippen LogP contribution in [0.3, 0.4) is 0 Å². The van der Waals surface area contributed by atoms with Gasteiger partial charge in [-0.2, -0.15) is 6.07 Å². The van der Waals surface area contributed by atoms with Gasteiger partial charge in [-0.3, -0.25) is 4.99 Å². The average Bonchev–Trinajstić information content (AvgIpc) is 3.51. The van der Waals surface area contributed by atoms with Gasteiger partial charge in [0.1, 0.15) is 17.8 Å². The van der Waals surface area contributed by atoms with Crippen molar-refractivity contribution in [3.05, 3.63) is 95.2 Å². The number of rotatable bonds is 4. The van der Waals surface area contributed by atoms with Gasteiger partial charge < -0.3 is 14.0 Å². The molecule has 5 aromatic rings. The van der Waals surface area contributed by atoms with Crippen LogP contribution in [0.2, 0.25) is 0 Å². The normalized spacial score (nSPS) is 18.4. The Morgan fingerprint density at radius 3 is 2.52 bits per heavy atom. The van der Waals surface area contributed by atoms with Crippen molar-refractivity contribution in [1.82, 2.24) is 9.55 Å². The van der Waals surface area contributed by atoms with Crippen molar-refractivity contribution >= 4 is 27.7 Å². The average molecular weight is 737 g/mol. The second kappa shape index (κ2) is 11.0. The molecule has 0 bridgehead atoms. The van der Waals surface area contributed by atoms with Crippen LogP contribution in [0.4, 0.5) is 0 Å². The standard InChI is InChI=1S/C36H35N3O2.Pt/c1-22-10-13-31-29(18-22)28-12-11-26(21-32(28)39(31)34-20-25(14-15-37-34)36(3,4)5)40-27-17-23(2)16-24(19-27)35-38-30-8-6-7-9-33(30)41-35;/h10-18,20,30,33H,6-9H2,1-5H3;/q-2;+2/t30-,33+;/m1./s1. The van der Waals surface area contributed by atoms with Gasteiger partial charge in [0.05, 0.1) is 6.04 Å². The summed E-state index contributed by atoms with van der Waals surface area (Å²) in [6.07, 6.45) is 6.69. The third-order valence-corrected chi connectivity index (χ3v) is 8.30. The van der Waals surface area contributed by atoms with E-state index in [-0.39, 0.29) is 38.6 Å². The molecule has 7 rings (SSSR count). The van der Waals surface area contributed by atoms with Crippen LogP contribution in [0, 0.1) is 26.0 Å². The van der Waals surface area contributed by atoms with E-state index in [4.69, 9.17) is 19.5 Å². The van der Waals surface area contributed by atoms with Gasteiger partial charge in [-0.05, 0) is 60.7 Å². The fourth-order valence-electron chi connectivity index (χ4n) is 6.13. The summed E-state index contributed by atoms with van der Waals surface area (Å²) < 4.78 is 14.9. The van der Waals surface area contributed by atoms with E-state index in [9.17, 15) is 0 Å². The molecule has 6 heteroatoms. The molecule has 5 nitrogen and oxygen atoms in total. The number of aliphatic imine (C=N–C) groups is 1. The van der Waals surface area contributed by atoms with E-state index in [1.54, 1.807) is 0 Å². The summed E-state index contributed by atoms with van der Waals surface area (Å²) in [5.74, 6) is 2.82. The number of fused-ring (bicyclic) bond motifs is 4. The van der Waals surface area contributed by atoms with Crippen LogP contribution in [-0.4, -0.2) is 27.6 Å². The molecule has 2 atom stereocenters. The zero-order valence-electron chi connectivity index (χ0n) is 24.7. The molecule has 1 saturated carbocycles. The van der Waals surface area contributed by atoms with Crippen LogP contribution in [0.5, 0.6) is 11.5 Å². The van der Waals surface area contributed by atoms with Crippen molar-refractivity contribution in [1.29, 1.82) is 0 Å². The monoisotopic (exact) mass is 736 g/mol. The summed E-state index contributed by atoms with van der Waals surface area (Å²) in [5.41, 5.74) is 6.41. The predicted molar refractivity (Wildman–Crippen MR) is 165 cm³/mol. The van der Waals surface area contributed by atoms with E-state index in [1.165, 1.54) is 29.4 Å².